The summed E-state index contributed by atoms with van der Waals surface area (Å²) in [5.74, 6) is -1.21. The van der Waals surface area contributed by atoms with Crippen LogP contribution in [0.4, 0.5) is 0 Å². The number of carboxylic acid groups (broad SMARTS) is 1. The molecule has 0 rings (SSSR count). The van der Waals surface area contributed by atoms with Gasteiger partial charge >= 0.3 is 5.97 Å². The molecule has 16 heavy (non-hydrogen) atoms. The highest BCUT2D eigenvalue weighted by atomic mass is 32.1. The molecule has 2 N–H and O–H groups in total. The van der Waals surface area contributed by atoms with Gasteiger partial charge in [-0.3, -0.25) is 4.79 Å². The quantitative estimate of drug-likeness (QED) is 0.342. The van der Waals surface area contributed by atoms with Gasteiger partial charge in [0.05, 0.1) is 0 Å². The number of carboxylic acids is 1. The number of aliphatic carboxylic acids is 1. The smallest absolute Gasteiger partial charge is 0.326 e. The molecule has 0 aromatic rings. The van der Waals surface area contributed by atoms with Crippen LogP contribution in [0.2, 0.25) is 0 Å². The van der Waals surface area contributed by atoms with Gasteiger partial charge in [-0.15, -0.1) is 6.58 Å². The number of rotatable bonds is 8. The zero-order valence-corrected chi connectivity index (χ0v) is 10.4. The predicted octanol–water partition coefficient (Wildman–Crippen LogP) is 1.20. The summed E-state index contributed by atoms with van der Waals surface area (Å²) in [5, 5.41) is 13.4. The van der Waals surface area contributed by atoms with Crippen molar-refractivity contribution in [1.82, 2.24) is 5.32 Å². The first kappa shape index (κ1) is 14.9. The van der Waals surface area contributed by atoms with Crippen molar-refractivity contribution >= 4 is 28.6 Å². The Morgan fingerprint density at radius 2 is 2.19 bits per heavy atom. The lowest BCUT2D eigenvalue weighted by Crippen LogP contribution is -2.40. The molecule has 0 spiro atoms. The molecule has 0 fully saturated rings. The molecule has 0 radical (unpaired) electrons. The lowest BCUT2D eigenvalue weighted by Gasteiger charge is -2.13. The molecule has 0 aromatic carbocycles. The maximum absolute atomic E-state index is 11.3. The van der Waals surface area contributed by atoms with Gasteiger partial charge in [0.1, 0.15) is 6.04 Å². The first-order valence-corrected chi connectivity index (χ1v) is 6.56. The highest BCUT2D eigenvalue weighted by Crippen LogP contribution is 1.99. The molecule has 0 saturated carbocycles. The van der Waals surface area contributed by atoms with E-state index in [1.54, 1.807) is 6.08 Å². The summed E-state index contributed by atoms with van der Waals surface area (Å²) in [5.41, 5.74) is 0. The van der Waals surface area contributed by atoms with E-state index < -0.39 is 12.0 Å². The Hall–Kier alpha value is -1.10. The maximum Gasteiger partial charge on any atom is 0.326 e. The van der Waals surface area contributed by atoms with Gasteiger partial charge < -0.3 is 10.4 Å². The van der Waals surface area contributed by atoms with Crippen molar-refractivity contribution in [3.8, 4) is 0 Å². The standard InChI is InChI=1S/C11H19NO3S/c1-3-4-7-10(13)12-9(11(14)15)6-5-8-16-2/h3,8-9,16H,1,4-7H2,2H3,(H,12,13)(H,14,15)/t9-/m0/s1. The molecule has 5 heteroatoms. The number of hydrogen-bond donors (Lipinski definition) is 3. The van der Waals surface area contributed by atoms with Crippen LogP contribution in [0.25, 0.3) is 0 Å². The summed E-state index contributed by atoms with van der Waals surface area (Å²) in [6, 6.07) is -0.782. The maximum atomic E-state index is 11.3. The van der Waals surface area contributed by atoms with Crippen LogP contribution < -0.4 is 5.32 Å². The molecular weight excluding hydrogens is 226 g/mol. The first-order valence-electron chi connectivity index (χ1n) is 5.15. The summed E-state index contributed by atoms with van der Waals surface area (Å²) in [6.07, 6.45) is 5.60. The second kappa shape index (κ2) is 9.15. The van der Waals surface area contributed by atoms with E-state index >= 15 is 0 Å². The van der Waals surface area contributed by atoms with Crippen molar-refractivity contribution in [2.24, 2.45) is 0 Å². The minimum Gasteiger partial charge on any atom is -0.480 e. The lowest BCUT2D eigenvalue weighted by molar-refractivity contribution is -0.141. The fourth-order valence-electron chi connectivity index (χ4n) is 1.13. The fraction of sp³-hybridized carbons (Fsp3) is 0.545. The van der Waals surface area contributed by atoms with Gasteiger partial charge in [0.25, 0.3) is 0 Å². The highest BCUT2D eigenvalue weighted by Gasteiger charge is 2.18. The molecule has 0 bridgehead atoms. The molecule has 0 heterocycles. The normalized spacial score (nSPS) is 12.8. The summed E-state index contributed by atoms with van der Waals surface area (Å²) >= 11 is 1.12. The third kappa shape index (κ3) is 7.23. The third-order valence-corrected chi connectivity index (χ3v) is 2.60. The molecule has 92 valence electrons. The number of amides is 1. The van der Waals surface area contributed by atoms with Gasteiger partial charge in [0, 0.05) is 6.42 Å². The average molecular weight is 245 g/mol. The summed E-state index contributed by atoms with van der Waals surface area (Å²) in [7, 11) is 0. The van der Waals surface area contributed by atoms with Crippen LogP contribution in [0, 0.1) is 0 Å². The van der Waals surface area contributed by atoms with Crippen molar-refractivity contribution in [3.05, 3.63) is 12.7 Å². The number of nitrogens with one attached hydrogen (secondary N) is 1. The SMILES string of the molecule is C=CCCC(=O)N[C@@H](CCC=[SH]C)C(=O)O. The number of carbonyl (C=O) groups excluding carboxylic acids is 1. The second-order valence-corrected chi connectivity index (χ2v) is 4.19. The topological polar surface area (TPSA) is 66.4 Å². The van der Waals surface area contributed by atoms with Crippen LogP contribution in [0.5, 0.6) is 0 Å². The minimum atomic E-state index is -0.979. The fourth-order valence-corrected chi connectivity index (χ4v) is 1.53. The monoisotopic (exact) mass is 245 g/mol. The van der Waals surface area contributed by atoms with Gasteiger partial charge in [-0.05, 0) is 25.5 Å². The molecule has 0 aromatic heterocycles. The molecule has 0 unspecified atom stereocenters. The summed E-state index contributed by atoms with van der Waals surface area (Å²) in [6.45, 7) is 3.51. The van der Waals surface area contributed by atoms with E-state index in [0.29, 0.717) is 25.7 Å². The number of hydrogen-bond acceptors (Lipinski definition) is 2. The van der Waals surface area contributed by atoms with E-state index in [2.05, 4.69) is 11.9 Å². The molecule has 0 aliphatic carbocycles. The highest BCUT2D eigenvalue weighted by molar-refractivity contribution is 7.96. The van der Waals surface area contributed by atoms with Crippen LogP contribution in [0.3, 0.4) is 0 Å². The van der Waals surface area contributed by atoms with Gasteiger partial charge in [-0.1, -0.05) is 11.4 Å². The number of carbonyl (C=O) groups is 2. The molecule has 4 nitrogen and oxygen atoms in total. The Balaban J connectivity index is 4.06. The third-order valence-electron chi connectivity index (χ3n) is 1.98. The van der Waals surface area contributed by atoms with E-state index in [1.807, 2.05) is 11.6 Å². The Morgan fingerprint density at radius 3 is 2.69 bits per heavy atom. The second-order valence-electron chi connectivity index (χ2n) is 3.30. The Morgan fingerprint density at radius 1 is 1.50 bits per heavy atom. The van der Waals surface area contributed by atoms with Crippen LogP contribution in [0.15, 0.2) is 12.7 Å². The molecule has 0 aliphatic rings. The lowest BCUT2D eigenvalue weighted by atomic mass is 10.1. The van der Waals surface area contributed by atoms with Crippen molar-refractivity contribution in [2.45, 2.75) is 31.7 Å². The minimum absolute atomic E-state index is 0.235. The average Bonchev–Trinajstić information content (AvgIpc) is 2.25. The molecular formula is C11H19NO3S. The van der Waals surface area contributed by atoms with Gasteiger partial charge in [-0.2, -0.15) is 0 Å². The van der Waals surface area contributed by atoms with Crippen LogP contribution in [-0.2, 0) is 9.59 Å². The van der Waals surface area contributed by atoms with Crippen LogP contribution in [0.1, 0.15) is 25.7 Å². The van der Waals surface area contributed by atoms with E-state index in [4.69, 9.17) is 5.11 Å². The molecule has 0 saturated heterocycles. The molecule has 1 amide bonds. The Labute approximate surface area is 99.7 Å². The van der Waals surface area contributed by atoms with Crippen LogP contribution >= 0.6 is 11.4 Å². The predicted molar refractivity (Wildman–Crippen MR) is 69.2 cm³/mol. The van der Waals surface area contributed by atoms with Crippen molar-refractivity contribution in [3.63, 3.8) is 0 Å². The first-order chi connectivity index (χ1) is 7.61. The van der Waals surface area contributed by atoms with Crippen molar-refractivity contribution in [1.29, 1.82) is 0 Å². The number of allylic oxidation sites excluding steroid dienone is 1. The van der Waals surface area contributed by atoms with E-state index in [0.717, 1.165) is 11.4 Å². The van der Waals surface area contributed by atoms with E-state index in [9.17, 15) is 9.59 Å². The van der Waals surface area contributed by atoms with Crippen molar-refractivity contribution < 1.29 is 14.7 Å². The Bertz CT molecular complexity index is 276. The zero-order chi connectivity index (χ0) is 12.4. The summed E-state index contributed by atoms with van der Waals surface area (Å²) in [4.78, 5) is 22.2. The van der Waals surface area contributed by atoms with Crippen LogP contribution in [-0.4, -0.2) is 34.6 Å². The number of thiol groups is 1. The van der Waals surface area contributed by atoms with Crippen molar-refractivity contribution in [2.75, 3.05) is 6.26 Å². The molecule has 0 aliphatic heterocycles. The largest absolute Gasteiger partial charge is 0.480 e. The Kier molecular flexibility index (Phi) is 8.52. The van der Waals surface area contributed by atoms with Gasteiger partial charge in [-0.25, -0.2) is 16.1 Å². The molecule has 1 atom stereocenters. The summed E-state index contributed by atoms with van der Waals surface area (Å²) < 4.78 is 0. The van der Waals surface area contributed by atoms with E-state index in [1.165, 1.54) is 0 Å². The van der Waals surface area contributed by atoms with Gasteiger partial charge in [0.15, 0.2) is 0 Å². The van der Waals surface area contributed by atoms with E-state index in [-0.39, 0.29) is 5.91 Å². The van der Waals surface area contributed by atoms with Gasteiger partial charge in [0.2, 0.25) is 5.91 Å². The zero-order valence-electron chi connectivity index (χ0n) is 9.48.